The number of allylic oxidation sites excluding steroid dienone is 4. The Labute approximate surface area is 325 Å². The van der Waals surface area contributed by atoms with Gasteiger partial charge in [-0.3, -0.25) is 9.47 Å². The van der Waals surface area contributed by atoms with Crippen molar-refractivity contribution in [3.8, 4) is 39.5 Å². The lowest BCUT2D eigenvalue weighted by atomic mass is 9.89. The van der Waals surface area contributed by atoms with Gasteiger partial charge < -0.3 is 0 Å². The Morgan fingerprint density at radius 1 is 0.518 bits per heavy atom. The van der Waals surface area contributed by atoms with Crippen molar-refractivity contribution < 1.29 is 0 Å². The van der Waals surface area contributed by atoms with Crippen molar-refractivity contribution in [3.63, 3.8) is 0 Å². The molecule has 2 aliphatic rings. The zero-order valence-corrected chi connectivity index (χ0v) is 30.5. The Morgan fingerprint density at radius 2 is 1.18 bits per heavy atom. The van der Waals surface area contributed by atoms with Gasteiger partial charge >= 0.3 is 0 Å². The maximum Gasteiger partial charge on any atom is 0.220 e. The molecule has 2 aromatic heterocycles. The molecule has 0 saturated carbocycles. The molecule has 0 radical (unpaired) electrons. The van der Waals surface area contributed by atoms with Crippen LogP contribution in [0.4, 0.5) is 17.3 Å². The third-order valence-corrected chi connectivity index (χ3v) is 11.1. The summed E-state index contributed by atoms with van der Waals surface area (Å²) < 4.78 is 2.32. The lowest BCUT2D eigenvalue weighted by molar-refractivity contribution is 0.855. The van der Waals surface area contributed by atoms with Crippen molar-refractivity contribution in [2.24, 2.45) is 0 Å². The van der Waals surface area contributed by atoms with Crippen molar-refractivity contribution in [1.82, 2.24) is 19.5 Å². The van der Waals surface area contributed by atoms with Crippen molar-refractivity contribution in [1.29, 1.82) is 0 Å². The van der Waals surface area contributed by atoms with Crippen LogP contribution >= 0.6 is 0 Å². The minimum absolute atomic E-state index is 0.344. The van der Waals surface area contributed by atoms with Gasteiger partial charge in [-0.25, -0.2) is 15.0 Å². The van der Waals surface area contributed by atoms with Crippen LogP contribution in [0.1, 0.15) is 23.6 Å². The minimum Gasteiger partial charge on any atom is -0.280 e. The monoisotopic (exact) mass is 717 g/mol. The Balaban J connectivity index is 1.08. The molecular weight excluding hydrogens is 683 g/mol. The molecule has 1 unspecified atom stereocenters. The smallest absolute Gasteiger partial charge is 0.220 e. The molecule has 11 rings (SSSR count). The van der Waals surface area contributed by atoms with Gasteiger partial charge in [0, 0.05) is 33.9 Å². The van der Waals surface area contributed by atoms with Gasteiger partial charge in [0.1, 0.15) is 0 Å². The molecule has 9 aromatic rings. The van der Waals surface area contributed by atoms with E-state index in [2.05, 4.69) is 185 Å². The summed E-state index contributed by atoms with van der Waals surface area (Å²) in [5.41, 5.74) is 13.7. The average molecular weight is 718 g/mol. The molecule has 1 atom stereocenters. The number of anilines is 3. The number of aromatic nitrogens is 4. The van der Waals surface area contributed by atoms with E-state index in [1.165, 1.54) is 16.3 Å². The van der Waals surface area contributed by atoms with Gasteiger partial charge in [0.2, 0.25) is 5.95 Å². The molecule has 264 valence electrons. The van der Waals surface area contributed by atoms with Crippen molar-refractivity contribution in [2.45, 2.75) is 12.3 Å². The molecule has 3 heterocycles. The van der Waals surface area contributed by atoms with E-state index in [1.807, 2.05) is 18.2 Å². The van der Waals surface area contributed by atoms with Gasteiger partial charge in [-0.2, -0.15) is 0 Å². The highest BCUT2D eigenvalue weighted by Gasteiger charge is 2.29. The van der Waals surface area contributed by atoms with Gasteiger partial charge in [0.25, 0.3) is 0 Å². The Bertz CT molecular complexity index is 3010. The fourth-order valence-electron chi connectivity index (χ4n) is 8.31. The van der Waals surface area contributed by atoms with E-state index in [0.29, 0.717) is 11.7 Å². The van der Waals surface area contributed by atoms with Gasteiger partial charge in [-0.1, -0.05) is 152 Å². The van der Waals surface area contributed by atoms with Crippen LogP contribution in [0.15, 0.2) is 194 Å². The van der Waals surface area contributed by atoms with Gasteiger partial charge in [-0.05, 0) is 70.8 Å². The van der Waals surface area contributed by atoms with Crippen LogP contribution in [0.3, 0.4) is 0 Å². The number of rotatable bonds is 5. The second-order valence-electron chi connectivity index (χ2n) is 14.5. The SMILES string of the molecule is C1=CC(c2ccccc2)CC=C1c1cc(-c2cccc(N3c4ccccc4-c4ccccc4-n4c3nc3cc5ccccc5cc34)c2)nc(-c2ccccc2)n1. The summed E-state index contributed by atoms with van der Waals surface area (Å²) >= 11 is 0. The maximum atomic E-state index is 5.43. The number of hydrogen-bond acceptors (Lipinski definition) is 4. The highest BCUT2D eigenvalue weighted by atomic mass is 15.3. The van der Waals surface area contributed by atoms with E-state index in [1.54, 1.807) is 0 Å². The summed E-state index contributed by atoms with van der Waals surface area (Å²) in [5, 5.41) is 2.35. The minimum atomic E-state index is 0.344. The standard InChI is InChI=1S/C51H35N5/c1-3-14-34(15-4-1)35-26-28-36(29-27-35)44-33-45(53-50(52-44)37-16-5-2-6-17-37)40-20-13-21-41(30-40)55-47-24-11-9-22-42(47)43-23-10-12-25-48(43)56-49-32-39-19-8-7-18-38(39)31-46(49)54-51(55)56/h1-26,28-33,35H,27H2. The van der Waals surface area contributed by atoms with E-state index >= 15 is 0 Å². The van der Waals surface area contributed by atoms with E-state index in [0.717, 1.165) is 79.7 Å². The number of fused-ring (bicyclic) bond motifs is 8. The Morgan fingerprint density at radius 3 is 1.96 bits per heavy atom. The number of nitrogens with zero attached hydrogens (tertiary/aromatic N) is 5. The van der Waals surface area contributed by atoms with Crippen molar-refractivity contribution >= 4 is 44.7 Å². The van der Waals surface area contributed by atoms with Crippen LogP contribution in [0.2, 0.25) is 0 Å². The largest absolute Gasteiger partial charge is 0.280 e. The molecule has 0 spiro atoms. The molecule has 0 bridgehead atoms. The fraction of sp³-hybridized carbons (Fsp3) is 0.0392. The zero-order chi connectivity index (χ0) is 37.0. The third kappa shape index (κ3) is 5.44. The second-order valence-corrected chi connectivity index (χ2v) is 14.5. The molecule has 1 aliphatic heterocycles. The molecular formula is C51H35N5. The van der Waals surface area contributed by atoms with Crippen LogP contribution in [0.25, 0.3) is 66.8 Å². The Hall–Kier alpha value is -7.37. The number of para-hydroxylation sites is 2. The molecule has 7 aromatic carbocycles. The fourth-order valence-corrected chi connectivity index (χ4v) is 8.31. The molecule has 0 saturated heterocycles. The van der Waals surface area contributed by atoms with Crippen molar-refractivity contribution in [3.05, 3.63) is 205 Å². The van der Waals surface area contributed by atoms with Crippen LogP contribution in [-0.2, 0) is 0 Å². The van der Waals surface area contributed by atoms with Crippen LogP contribution in [-0.4, -0.2) is 19.5 Å². The summed E-state index contributed by atoms with van der Waals surface area (Å²) in [6.07, 6.45) is 7.75. The van der Waals surface area contributed by atoms with Crippen LogP contribution in [0, 0.1) is 0 Å². The Kier molecular flexibility index (Phi) is 7.56. The van der Waals surface area contributed by atoms with E-state index in [9.17, 15) is 0 Å². The summed E-state index contributed by atoms with van der Waals surface area (Å²) in [4.78, 5) is 18.1. The third-order valence-electron chi connectivity index (χ3n) is 11.1. The van der Waals surface area contributed by atoms with Gasteiger partial charge in [-0.15, -0.1) is 0 Å². The van der Waals surface area contributed by atoms with E-state index < -0.39 is 0 Å². The summed E-state index contributed by atoms with van der Waals surface area (Å²) in [5.74, 6) is 1.88. The summed E-state index contributed by atoms with van der Waals surface area (Å²) in [6.45, 7) is 0. The second kappa shape index (κ2) is 13.2. The van der Waals surface area contributed by atoms with Crippen molar-refractivity contribution in [2.75, 3.05) is 4.90 Å². The zero-order valence-electron chi connectivity index (χ0n) is 30.5. The van der Waals surface area contributed by atoms with Crippen LogP contribution < -0.4 is 4.90 Å². The molecule has 1 aliphatic carbocycles. The highest BCUT2D eigenvalue weighted by molar-refractivity contribution is 6.01. The van der Waals surface area contributed by atoms with Gasteiger partial charge in [0.15, 0.2) is 5.82 Å². The topological polar surface area (TPSA) is 46.8 Å². The molecule has 5 heteroatoms. The van der Waals surface area contributed by atoms with E-state index in [-0.39, 0.29) is 0 Å². The molecule has 5 nitrogen and oxygen atoms in total. The lowest BCUT2D eigenvalue weighted by Gasteiger charge is -2.25. The predicted molar refractivity (Wildman–Crippen MR) is 230 cm³/mol. The molecule has 0 N–H and O–H groups in total. The number of benzene rings is 7. The highest BCUT2D eigenvalue weighted by Crippen LogP contribution is 2.48. The first-order valence-electron chi connectivity index (χ1n) is 19.1. The van der Waals surface area contributed by atoms with Crippen LogP contribution in [0.5, 0.6) is 0 Å². The molecule has 56 heavy (non-hydrogen) atoms. The summed E-state index contributed by atoms with van der Waals surface area (Å²) in [6, 6.07) is 62.1. The lowest BCUT2D eigenvalue weighted by Crippen LogP contribution is -2.14. The maximum absolute atomic E-state index is 5.43. The number of imidazole rings is 1. The first kappa shape index (κ1) is 32.1. The molecule has 0 fully saturated rings. The predicted octanol–water partition coefficient (Wildman–Crippen LogP) is 12.9. The number of hydrogen-bond donors (Lipinski definition) is 0. The van der Waals surface area contributed by atoms with E-state index in [4.69, 9.17) is 15.0 Å². The molecule has 0 amide bonds. The van der Waals surface area contributed by atoms with Gasteiger partial charge in [0.05, 0.1) is 33.8 Å². The first-order valence-corrected chi connectivity index (χ1v) is 19.1. The first-order chi connectivity index (χ1) is 27.7. The quantitative estimate of drug-likeness (QED) is 0.178. The summed E-state index contributed by atoms with van der Waals surface area (Å²) in [7, 11) is 0. The normalized spacial score (nSPS) is 14.5. The average Bonchev–Trinajstić information content (AvgIpc) is 3.58.